The molecule has 134 valence electrons. The van der Waals surface area contributed by atoms with Crippen LogP contribution in [0.3, 0.4) is 0 Å². The smallest absolute Gasteiger partial charge is 0.259 e. The van der Waals surface area contributed by atoms with Crippen LogP contribution < -0.4 is 4.90 Å². The number of pyridine rings is 1. The molecule has 0 bridgehead atoms. The third-order valence-electron chi connectivity index (χ3n) is 5.24. The molecular formula is C21H22IN3O. The highest BCUT2D eigenvalue weighted by Gasteiger charge is 2.32. The van der Waals surface area contributed by atoms with Crippen LogP contribution in [0.2, 0.25) is 0 Å². The molecule has 4 rings (SSSR count). The minimum absolute atomic E-state index is 0.116. The van der Waals surface area contributed by atoms with Gasteiger partial charge in [-0.3, -0.25) is 4.79 Å². The zero-order valence-electron chi connectivity index (χ0n) is 15.1. The van der Waals surface area contributed by atoms with Crippen molar-refractivity contribution in [3.05, 3.63) is 45.5 Å². The van der Waals surface area contributed by atoms with E-state index in [1.165, 1.54) is 0 Å². The summed E-state index contributed by atoms with van der Waals surface area (Å²) in [7, 11) is 0. The quantitative estimate of drug-likeness (QED) is 0.397. The zero-order chi connectivity index (χ0) is 18.3. The molecule has 0 spiro atoms. The molecule has 1 aliphatic heterocycles. The van der Waals surface area contributed by atoms with Crippen molar-refractivity contribution in [3.8, 4) is 0 Å². The third-order valence-corrected chi connectivity index (χ3v) is 5.91. The minimum Gasteiger partial charge on any atom is -0.308 e. The van der Waals surface area contributed by atoms with Gasteiger partial charge in [0.25, 0.3) is 5.91 Å². The van der Waals surface area contributed by atoms with E-state index >= 15 is 0 Å². The number of carbonyl (C=O) groups excluding carboxylic acids is 1. The number of fused-ring (bicyclic) bond motifs is 2. The molecule has 1 aliphatic rings. The lowest BCUT2D eigenvalue weighted by Gasteiger charge is -2.21. The van der Waals surface area contributed by atoms with Crippen LogP contribution in [-0.2, 0) is 0 Å². The fourth-order valence-corrected chi connectivity index (χ4v) is 4.34. The number of rotatable bonds is 6. The molecule has 1 amide bonds. The highest BCUT2D eigenvalue weighted by molar-refractivity contribution is 14.1. The van der Waals surface area contributed by atoms with E-state index in [-0.39, 0.29) is 5.91 Å². The number of nitrogens with zero attached hydrogens (tertiary/aromatic N) is 3. The van der Waals surface area contributed by atoms with Crippen molar-refractivity contribution in [1.82, 2.24) is 9.88 Å². The number of amides is 1. The highest BCUT2D eigenvalue weighted by Crippen LogP contribution is 2.40. The lowest BCUT2D eigenvalue weighted by molar-refractivity contribution is 0.0993. The largest absolute Gasteiger partial charge is 0.308 e. The number of halogens is 1. The Morgan fingerprint density at radius 2 is 1.92 bits per heavy atom. The van der Waals surface area contributed by atoms with Gasteiger partial charge in [0.05, 0.1) is 22.3 Å². The van der Waals surface area contributed by atoms with Gasteiger partial charge in [-0.1, -0.05) is 19.9 Å². The van der Waals surface area contributed by atoms with Crippen LogP contribution in [0.1, 0.15) is 30.6 Å². The van der Waals surface area contributed by atoms with Gasteiger partial charge >= 0.3 is 0 Å². The predicted molar refractivity (Wildman–Crippen MR) is 116 cm³/mol. The summed E-state index contributed by atoms with van der Waals surface area (Å²) >= 11 is 2.29. The molecule has 1 aromatic heterocycles. The summed E-state index contributed by atoms with van der Waals surface area (Å²) in [6, 6.07) is 12.2. The standard InChI is InChI=1S/C21H22IN3O/c1-3-24(4-2)11-6-12-25-18-8-5-7-17-20(18)19(21(25)26)15-13-14(22)9-10-16(15)23-17/h5,7-10,13H,3-4,6,11-12H2,1-2H3. The van der Waals surface area contributed by atoms with E-state index in [2.05, 4.69) is 53.5 Å². The lowest BCUT2D eigenvalue weighted by atomic mass is 10.0. The summed E-state index contributed by atoms with van der Waals surface area (Å²) in [4.78, 5) is 22.4. The predicted octanol–water partition coefficient (Wildman–Crippen LogP) is 4.68. The van der Waals surface area contributed by atoms with E-state index in [1.807, 2.05) is 29.2 Å². The first-order valence-corrected chi connectivity index (χ1v) is 10.3. The maximum absolute atomic E-state index is 13.3. The Kier molecular flexibility index (Phi) is 4.84. The first kappa shape index (κ1) is 17.7. The molecule has 0 atom stereocenters. The number of carbonyl (C=O) groups is 1. The second-order valence-corrected chi connectivity index (χ2v) is 7.90. The average Bonchev–Trinajstić information content (AvgIpc) is 2.93. The van der Waals surface area contributed by atoms with Gasteiger partial charge < -0.3 is 9.80 Å². The molecule has 0 saturated heterocycles. The van der Waals surface area contributed by atoms with Gasteiger partial charge in [0.1, 0.15) is 0 Å². The molecular weight excluding hydrogens is 437 g/mol. The van der Waals surface area contributed by atoms with Crippen LogP contribution in [0.25, 0.3) is 21.8 Å². The van der Waals surface area contributed by atoms with Crippen LogP contribution in [-0.4, -0.2) is 42.0 Å². The van der Waals surface area contributed by atoms with E-state index in [9.17, 15) is 4.79 Å². The van der Waals surface area contributed by atoms with Crippen molar-refractivity contribution in [2.75, 3.05) is 31.1 Å². The van der Waals surface area contributed by atoms with Crippen molar-refractivity contribution in [2.45, 2.75) is 20.3 Å². The topological polar surface area (TPSA) is 36.4 Å². The first-order chi connectivity index (χ1) is 12.6. The van der Waals surface area contributed by atoms with Gasteiger partial charge in [0.2, 0.25) is 0 Å². The molecule has 0 unspecified atom stereocenters. The average molecular weight is 459 g/mol. The zero-order valence-corrected chi connectivity index (χ0v) is 17.3. The Balaban J connectivity index is 1.75. The maximum Gasteiger partial charge on any atom is 0.259 e. The fraction of sp³-hybridized carbons (Fsp3) is 0.333. The van der Waals surface area contributed by atoms with E-state index in [1.54, 1.807) is 0 Å². The monoisotopic (exact) mass is 459 g/mol. The lowest BCUT2D eigenvalue weighted by Crippen LogP contribution is -2.32. The summed E-state index contributed by atoms with van der Waals surface area (Å²) in [6.45, 7) is 8.22. The van der Waals surface area contributed by atoms with Crippen molar-refractivity contribution in [1.29, 1.82) is 0 Å². The van der Waals surface area contributed by atoms with Crippen LogP contribution in [0, 0.1) is 3.57 Å². The number of hydrogen-bond donors (Lipinski definition) is 0. The second kappa shape index (κ2) is 7.12. The normalized spacial score (nSPS) is 13.5. The number of anilines is 1. The van der Waals surface area contributed by atoms with Crippen LogP contribution in [0.5, 0.6) is 0 Å². The van der Waals surface area contributed by atoms with Gasteiger partial charge in [-0.15, -0.1) is 0 Å². The summed E-state index contributed by atoms with van der Waals surface area (Å²) in [5.41, 5.74) is 3.63. The second-order valence-electron chi connectivity index (χ2n) is 6.66. The molecule has 0 fully saturated rings. The van der Waals surface area contributed by atoms with Crippen molar-refractivity contribution >= 4 is 56.0 Å². The Hall–Kier alpha value is -1.73. The Labute approximate surface area is 167 Å². The SMILES string of the molecule is CCN(CC)CCCN1C(=O)c2c3cc(I)ccc3nc3cccc1c23. The van der Waals surface area contributed by atoms with Gasteiger partial charge in [0.15, 0.2) is 0 Å². The summed E-state index contributed by atoms with van der Waals surface area (Å²) < 4.78 is 1.12. The third kappa shape index (κ3) is 2.87. The molecule has 0 radical (unpaired) electrons. The summed E-state index contributed by atoms with van der Waals surface area (Å²) in [6.07, 6.45) is 0.973. The molecule has 0 aliphatic carbocycles. The number of benzene rings is 2. The van der Waals surface area contributed by atoms with E-state index in [0.717, 1.165) is 69.2 Å². The Bertz CT molecular complexity index is 997. The van der Waals surface area contributed by atoms with Crippen LogP contribution >= 0.6 is 22.6 Å². The molecule has 4 nitrogen and oxygen atoms in total. The first-order valence-electron chi connectivity index (χ1n) is 9.20. The van der Waals surface area contributed by atoms with E-state index < -0.39 is 0 Å². The van der Waals surface area contributed by atoms with Gasteiger partial charge in [-0.05, 0) is 79.0 Å². The molecule has 2 aromatic carbocycles. The molecule has 2 heterocycles. The number of aromatic nitrogens is 1. The maximum atomic E-state index is 13.3. The van der Waals surface area contributed by atoms with Crippen molar-refractivity contribution < 1.29 is 4.79 Å². The fourth-order valence-electron chi connectivity index (χ4n) is 3.85. The van der Waals surface area contributed by atoms with Crippen LogP contribution in [0.15, 0.2) is 36.4 Å². The van der Waals surface area contributed by atoms with Crippen molar-refractivity contribution in [2.24, 2.45) is 0 Å². The Morgan fingerprint density at radius 3 is 2.69 bits per heavy atom. The molecule has 5 heteroatoms. The van der Waals surface area contributed by atoms with E-state index in [0.29, 0.717) is 0 Å². The number of hydrogen-bond acceptors (Lipinski definition) is 3. The van der Waals surface area contributed by atoms with Crippen molar-refractivity contribution in [3.63, 3.8) is 0 Å². The Morgan fingerprint density at radius 1 is 1.12 bits per heavy atom. The van der Waals surface area contributed by atoms with Crippen LogP contribution in [0.4, 0.5) is 5.69 Å². The molecule has 26 heavy (non-hydrogen) atoms. The van der Waals surface area contributed by atoms with E-state index in [4.69, 9.17) is 4.98 Å². The molecule has 0 saturated carbocycles. The van der Waals surface area contributed by atoms with Gasteiger partial charge in [-0.25, -0.2) is 4.98 Å². The van der Waals surface area contributed by atoms with Gasteiger partial charge in [-0.2, -0.15) is 0 Å². The summed E-state index contributed by atoms with van der Waals surface area (Å²) in [5, 5.41) is 1.97. The minimum atomic E-state index is 0.116. The molecule has 0 N–H and O–H groups in total. The molecule has 3 aromatic rings. The highest BCUT2D eigenvalue weighted by atomic mass is 127. The summed E-state index contributed by atoms with van der Waals surface area (Å²) in [5.74, 6) is 0.116. The van der Waals surface area contributed by atoms with Gasteiger partial charge in [0, 0.05) is 20.9 Å².